The quantitative estimate of drug-likeness (QED) is 0.684. The summed E-state index contributed by atoms with van der Waals surface area (Å²) >= 11 is 0. The van der Waals surface area contributed by atoms with Crippen LogP contribution in [0.3, 0.4) is 0 Å². The summed E-state index contributed by atoms with van der Waals surface area (Å²) in [5, 5.41) is 8.95. The summed E-state index contributed by atoms with van der Waals surface area (Å²) in [7, 11) is 1.51. The van der Waals surface area contributed by atoms with Crippen LogP contribution in [0.5, 0.6) is 0 Å². The zero-order chi connectivity index (χ0) is 15.2. The Labute approximate surface area is 119 Å². The van der Waals surface area contributed by atoms with Gasteiger partial charge in [0.15, 0.2) is 0 Å². The average Bonchev–Trinajstić information content (AvgIpc) is 2.33. The molecular formula is C13H25NO6. The Morgan fingerprint density at radius 3 is 2.05 bits per heavy atom. The summed E-state index contributed by atoms with van der Waals surface area (Å²) in [5.41, 5.74) is 0. The topological polar surface area (TPSA) is 115 Å². The molecule has 1 amide bonds. The van der Waals surface area contributed by atoms with Crippen molar-refractivity contribution in [2.75, 3.05) is 7.05 Å². The van der Waals surface area contributed by atoms with E-state index in [1.54, 1.807) is 13.8 Å². The number of carbonyl (C=O) groups excluding carboxylic acids is 2. The summed E-state index contributed by atoms with van der Waals surface area (Å²) < 4.78 is 4.95. The summed E-state index contributed by atoms with van der Waals surface area (Å²) in [6.07, 6.45) is -0.153. The van der Waals surface area contributed by atoms with Crippen molar-refractivity contribution in [3.8, 4) is 0 Å². The average molecular weight is 291 g/mol. The molecule has 0 saturated heterocycles. The second kappa shape index (κ2) is 9.30. The van der Waals surface area contributed by atoms with Crippen molar-refractivity contribution in [1.29, 1.82) is 0 Å². The van der Waals surface area contributed by atoms with Gasteiger partial charge in [-0.05, 0) is 13.3 Å². The molecule has 0 aromatic heterocycles. The molecule has 0 aromatic rings. The number of hydrogen-bond acceptors (Lipinski definition) is 4. The van der Waals surface area contributed by atoms with Crippen LogP contribution in [0.1, 0.15) is 40.5 Å². The Hall–Kier alpha value is -1.63. The summed E-state index contributed by atoms with van der Waals surface area (Å²) in [5.74, 6) is -2.38. The fourth-order valence-corrected chi connectivity index (χ4v) is 1.46. The van der Waals surface area contributed by atoms with E-state index in [4.69, 9.17) is 9.84 Å². The highest BCUT2D eigenvalue weighted by atomic mass is 16.6. The SMILES string of the molecule is CCCC(=O)N(C)[C@@H](C)C(=O)O[C@H](C(=O)O)C(C)C.O. The molecule has 7 nitrogen and oxygen atoms in total. The zero-order valence-electron chi connectivity index (χ0n) is 12.7. The van der Waals surface area contributed by atoms with Crippen molar-refractivity contribution in [2.24, 2.45) is 5.92 Å². The first-order valence-electron chi connectivity index (χ1n) is 6.41. The lowest BCUT2D eigenvalue weighted by atomic mass is 10.1. The van der Waals surface area contributed by atoms with Crippen LogP contribution in [-0.4, -0.2) is 52.5 Å². The van der Waals surface area contributed by atoms with E-state index in [0.717, 1.165) is 0 Å². The van der Waals surface area contributed by atoms with Crippen LogP contribution < -0.4 is 0 Å². The molecule has 3 N–H and O–H groups in total. The van der Waals surface area contributed by atoms with Gasteiger partial charge in [0.05, 0.1) is 0 Å². The highest BCUT2D eigenvalue weighted by Gasteiger charge is 2.30. The smallest absolute Gasteiger partial charge is 0.345 e. The molecular weight excluding hydrogens is 266 g/mol. The third-order valence-corrected chi connectivity index (χ3v) is 2.87. The van der Waals surface area contributed by atoms with Gasteiger partial charge in [-0.25, -0.2) is 9.59 Å². The van der Waals surface area contributed by atoms with Crippen molar-refractivity contribution < 1.29 is 29.7 Å². The standard InChI is InChI=1S/C13H23NO5.H2O/c1-6-7-10(15)14(5)9(4)13(18)19-11(8(2)3)12(16)17;/h8-9,11H,6-7H2,1-5H3,(H,16,17);1H2/t9-,11-;/m0./s1. The van der Waals surface area contributed by atoms with Crippen LogP contribution in [0.2, 0.25) is 0 Å². The van der Waals surface area contributed by atoms with E-state index in [-0.39, 0.29) is 17.3 Å². The molecule has 0 saturated carbocycles. The van der Waals surface area contributed by atoms with E-state index >= 15 is 0 Å². The maximum atomic E-state index is 11.8. The zero-order valence-corrected chi connectivity index (χ0v) is 12.7. The van der Waals surface area contributed by atoms with Gasteiger partial charge in [0, 0.05) is 19.4 Å². The lowest BCUT2D eigenvalue weighted by Crippen LogP contribution is -2.44. The Balaban J connectivity index is 0. The number of esters is 1. The van der Waals surface area contributed by atoms with Crippen molar-refractivity contribution >= 4 is 17.8 Å². The third kappa shape index (κ3) is 6.01. The van der Waals surface area contributed by atoms with E-state index in [0.29, 0.717) is 12.8 Å². The molecule has 0 spiro atoms. The predicted molar refractivity (Wildman–Crippen MR) is 73.1 cm³/mol. The van der Waals surface area contributed by atoms with Crippen molar-refractivity contribution in [1.82, 2.24) is 4.90 Å². The fourth-order valence-electron chi connectivity index (χ4n) is 1.46. The van der Waals surface area contributed by atoms with Gasteiger partial charge >= 0.3 is 11.9 Å². The molecule has 118 valence electrons. The molecule has 0 rings (SSSR count). The number of rotatable bonds is 7. The third-order valence-electron chi connectivity index (χ3n) is 2.87. The number of amides is 1. The molecule has 0 fully saturated rings. The van der Waals surface area contributed by atoms with E-state index < -0.39 is 24.1 Å². The number of carboxylic acid groups (broad SMARTS) is 1. The highest BCUT2D eigenvalue weighted by molar-refractivity contribution is 5.85. The number of hydrogen-bond donors (Lipinski definition) is 1. The minimum atomic E-state index is -1.19. The van der Waals surface area contributed by atoms with Crippen LogP contribution in [0.15, 0.2) is 0 Å². The number of carboxylic acids is 1. The molecule has 0 bridgehead atoms. The Morgan fingerprint density at radius 1 is 1.20 bits per heavy atom. The van der Waals surface area contributed by atoms with E-state index in [1.165, 1.54) is 18.9 Å². The molecule has 20 heavy (non-hydrogen) atoms. The van der Waals surface area contributed by atoms with Crippen LogP contribution >= 0.6 is 0 Å². The van der Waals surface area contributed by atoms with Crippen molar-refractivity contribution in [2.45, 2.75) is 52.7 Å². The van der Waals surface area contributed by atoms with E-state index in [9.17, 15) is 14.4 Å². The highest BCUT2D eigenvalue weighted by Crippen LogP contribution is 2.11. The second-order valence-corrected chi connectivity index (χ2v) is 4.87. The first-order chi connectivity index (χ1) is 8.72. The largest absolute Gasteiger partial charge is 0.478 e. The Bertz CT molecular complexity index is 342. The molecule has 2 atom stereocenters. The van der Waals surface area contributed by atoms with Crippen LogP contribution in [0, 0.1) is 5.92 Å². The van der Waals surface area contributed by atoms with Crippen LogP contribution in [-0.2, 0) is 19.1 Å². The number of carbonyl (C=O) groups is 3. The molecule has 0 aliphatic carbocycles. The Kier molecular flexibility index (Phi) is 9.62. The maximum absolute atomic E-state index is 11.8. The molecule has 0 aromatic carbocycles. The number of nitrogens with zero attached hydrogens (tertiary/aromatic N) is 1. The molecule has 0 aliphatic heterocycles. The monoisotopic (exact) mass is 291 g/mol. The number of ether oxygens (including phenoxy) is 1. The van der Waals surface area contributed by atoms with Crippen LogP contribution in [0.4, 0.5) is 0 Å². The Morgan fingerprint density at radius 2 is 1.70 bits per heavy atom. The van der Waals surface area contributed by atoms with Gasteiger partial charge in [0.2, 0.25) is 12.0 Å². The lowest BCUT2D eigenvalue weighted by Gasteiger charge is -2.25. The normalized spacial score (nSPS) is 13.1. The molecule has 0 radical (unpaired) electrons. The van der Waals surface area contributed by atoms with Crippen LogP contribution in [0.25, 0.3) is 0 Å². The minimum Gasteiger partial charge on any atom is -0.478 e. The van der Waals surface area contributed by atoms with Gasteiger partial charge in [0.25, 0.3) is 0 Å². The number of aliphatic carboxylic acids is 1. The molecule has 0 heterocycles. The summed E-state index contributed by atoms with van der Waals surface area (Å²) in [6, 6.07) is -0.792. The van der Waals surface area contributed by atoms with Gasteiger partial charge in [-0.2, -0.15) is 0 Å². The molecule has 0 aliphatic rings. The van der Waals surface area contributed by atoms with Gasteiger partial charge in [-0.15, -0.1) is 0 Å². The lowest BCUT2D eigenvalue weighted by molar-refractivity contribution is -0.171. The van der Waals surface area contributed by atoms with Gasteiger partial charge in [0.1, 0.15) is 6.04 Å². The van der Waals surface area contributed by atoms with Crippen molar-refractivity contribution in [3.05, 3.63) is 0 Å². The van der Waals surface area contributed by atoms with Gasteiger partial charge in [-0.1, -0.05) is 20.8 Å². The van der Waals surface area contributed by atoms with E-state index in [1.807, 2.05) is 6.92 Å². The molecule has 0 unspecified atom stereocenters. The maximum Gasteiger partial charge on any atom is 0.345 e. The second-order valence-electron chi connectivity index (χ2n) is 4.87. The first kappa shape index (κ1) is 20.7. The molecule has 7 heteroatoms. The minimum absolute atomic E-state index is 0. The van der Waals surface area contributed by atoms with Gasteiger partial charge < -0.3 is 20.2 Å². The first-order valence-corrected chi connectivity index (χ1v) is 6.41. The summed E-state index contributed by atoms with van der Waals surface area (Å²) in [6.45, 7) is 6.70. The van der Waals surface area contributed by atoms with E-state index in [2.05, 4.69) is 0 Å². The van der Waals surface area contributed by atoms with Gasteiger partial charge in [-0.3, -0.25) is 4.79 Å². The van der Waals surface area contributed by atoms with Crippen molar-refractivity contribution in [3.63, 3.8) is 0 Å². The fraction of sp³-hybridized carbons (Fsp3) is 0.769. The summed E-state index contributed by atoms with van der Waals surface area (Å²) in [4.78, 5) is 35.7. The predicted octanol–water partition coefficient (Wildman–Crippen LogP) is 0.461. The number of likely N-dealkylation sites (N-methyl/N-ethyl adjacent to an activating group) is 1.